The van der Waals surface area contributed by atoms with Gasteiger partial charge in [0.1, 0.15) is 11.6 Å². The molecule has 0 radical (unpaired) electrons. The van der Waals surface area contributed by atoms with E-state index in [1.165, 1.54) is 6.07 Å². The van der Waals surface area contributed by atoms with Crippen molar-refractivity contribution in [3.63, 3.8) is 0 Å². The summed E-state index contributed by atoms with van der Waals surface area (Å²) in [5.74, 6) is 0.0772. The van der Waals surface area contributed by atoms with Crippen LogP contribution in [0.4, 0.5) is 11.6 Å². The molecule has 0 saturated carbocycles. The van der Waals surface area contributed by atoms with Crippen LogP contribution in [0.3, 0.4) is 0 Å². The van der Waals surface area contributed by atoms with Gasteiger partial charge in [0.25, 0.3) is 0 Å². The fraction of sp³-hybridized carbons (Fsp3) is 0. The maximum Gasteiger partial charge on any atom is 1.00 e. The molecule has 1 aromatic rings. The summed E-state index contributed by atoms with van der Waals surface area (Å²) in [7, 11) is 0. The summed E-state index contributed by atoms with van der Waals surface area (Å²) < 4.78 is 20.5. The van der Waals surface area contributed by atoms with E-state index in [0.717, 1.165) is 0 Å². The van der Waals surface area contributed by atoms with Gasteiger partial charge < -0.3 is 16.0 Å². The third-order valence-corrected chi connectivity index (χ3v) is 1.38. The van der Waals surface area contributed by atoms with Gasteiger partial charge >= 0.3 is 51.4 Å². The van der Waals surface area contributed by atoms with Crippen LogP contribution in [0.5, 0.6) is 0 Å². The minimum atomic E-state index is -2.48. The maximum atomic E-state index is 10.3. The first-order valence-electron chi connectivity index (χ1n) is 2.59. The van der Waals surface area contributed by atoms with E-state index in [9.17, 15) is 8.76 Å². The Labute approximate surface area is 114 Å². The zero-order chi connectivity index (χ0) is 8.43. The molecule has 1 rings (SSSR count). The second-order valence-corrected chi connectivity index (χ2v) is 2.57. The second kappa shape index (κ2) is 5.22. The molecule has 1 heterocycles. The molecule has 1 aromatic heterocycles. The molecule has 0 fully saturated rings. The Kier molecular flexibility index (Phi) is 5.41. The van der Waals surface area contributed by atoms with E-state index in [1.807, 2.05) is 0 Å². The van der Waals surface area contributed by atoms with Crippen molar-refractivity contribution in [2.75, 3.05) is 11.5 Å². The number of hydrogen-bond donors (Lipinski definition) is 2. The van der Waals surface area contributed by atoms with Crippen LogP contribution in [-0.4, -0.2) is 18.7 Å². The van der Waals surface area contributed by atoms with Crippen LogP contribution in [0.1, 0.15) is 0 Å². The second-order valence-electron chi connectivity index (χ2n) is 1.73. The first-order chi connectivity index (χ1) is 5.09. The SMILES string of the molecule is Nc1cc(N)nc(S(=O)[O-])n1.[K+]. The molecule has 0 aromatic carbocycles. The van der Waals surface area contributed by atoms with Gasteiger partial charge in [-0.2, -0.15) is 0 Å². The van der Waals surface area contributed by atoms with Crippen molar-refractivity contribution in [1.82, 2.24) is 9.97 Å². The first-order valence-corrected chi connectivity index (χ1v) is 3.66. The molecular weight excluding hydrogens is 207 g/mol. The smallest absolute Gasteiger partial charge is 0.766 e. The van der Waals surface area contributed by atoms with Crippen molar-refractivity contribution in [2.45, 2.75) is 5.16 Å². The Bertz CT molecular complexity index is 287. The van der Waals surface area contributed by atoms with E-state index in [1.54, 1.807) is 0 Å². The van der Waals surface area contributed by atoms with Crippen LogP contribution < -0.4 is 62.9 Å². The van der Waals surface area contributed by atoms with Gasteiger partial charge in [0.2, 0.25) is 5.16 Å². The van der Waals surface area contributed by atoms with Crippen molar-refractivity contribution < 1.29 is 60.1 Å². The Morgan fingerprint density at radius 2 is 1.75 bits per heavy atom. The molecule has 0 aliphatic rings. The quantitative estimate of drug-likeness (QED) is 0.277. The Balaban J connectivity index is 0.00000121. The van der Waals surface area contributed by atoms with Crippen LogP contribution >= 0.6 is 0 Å². The average Bonchev–Trinajstić information content (AvgIpc) is 1.85. The molecule has 0 saturated heterocycles. The van der Waals surface area contributed by atoms with Crippen molar-refractivity contribution >= 4 is 22.7 Å². The van der Waals surface area contributed by atoms with Crippen LogP contribution in [0.2, 0.25) is 0 Å². The number of hydrogen-bond acceptors (Lipinski definition) is 6. The minimum Gasteiger partial charge on any atom is -0.766 e. The third kappa shape index (κ3) is 3.43. The molecule has 12 heavy (non-hydrogen) atoms. The molecular formula is C4H5KN4O2S. The summed E-state index contributed by atoms with van der Waals surface area (Å²) in [4.78, 5) is 6.82. The first kappa shape index (κ1) is 12.4. The van der Waals surface area contributed by atoms with Crippen LogP contribution in [0.15, 0.2) is 11.2 Å². The normalized spacial score (nSPS) is 11.8. The summed E-state index contributed by atoms with van der Waals surface area (Å²) in [6.07, 6.45) is 0. The molecule has 0 amide bonds. The Hall–Kier alpha value is 0.426. The summed E-state index contributed by atoms with van der Waals surface area (Å²) >= 11 is -2.48. The molecule has 0 aliphatic carbocycles. The van der Waals surface area contributed by atoms with Crippen LogP contribution in [0.25, 0.3) is 0 Å². The van der Waals surface area contributed by atoms with Gasteiger partial charge in [-0.25, -0.2) is 9.97 Å². The van der Waals surface area contributed by atoms with E-state index < -0.39 is 11.1 Å². The number of nitrogens with two attached hydrogens (primary N) is 2. The minimum absolute atomic E-state index is 0. The topological polar surface area (TPSA) is 118 Å². The molecule has 0 spiro atoms. The molecule has 0 bridgehead atoms. The van der Waals surface area contributed by atoms with Crippen molar-refractivity contribution in [2.24, 2.45) is 0 Å². The number of nitrogen functional groups attached to an aromatic ring is 2. The van der Waals surface area contributed by atoms with Gasteiger partial charge in [-0.15, -0.1) is 0 Å². The van der Waals surface area contributed by atoms with E-state index in [4.69, 9.17) is 11.5 Å². The van der Waals surface area contributed by atoms with Crippen molar-refractivity contribution in [3.8, 4) is 0 Å². The number of aromatic nitrogens is 2. The Morgan fingerprint density at radius 1 is 1.33 bits per heavy atom. The molecule has 4 N–H and O–H groups in total. The number of nitrogens with zero attached hydrogens (tertiary/aromatic N) is 2. The summed E-state index contributed by atoms with van der Waals surface area (Å²) in [5, 5.41) is -0.387. The standard InChI is InChI=1S/C4H6N4O2S.K/c5-2-1-3(6)8-4(7-2)11(9)10;/h1H,(H,9,10)(H4,5,6,7,8);/q;+1/p-1. The monoisotopic (exact) mass is 212 g/mol. The third-order valence-electron chi connectivity index (χ3n) is 0.894. The van der Waals surface area contributed by atoms with Gasteiger partial charge in [0, 0.05) is 17.1 Å². The van der Waals surface area contributed by atoms with Gasteiger partial charge in [0.15, 0.2) is 0 Å². The summed E-state index contributed by atoms with van der Waals surface area (Å²) in [6.45, 7) is 0. The zero-order valence-corrected chi connectivity index (χ0v) is 10.3. The van der Waals surface area contributed by atoms with E-state index >= 15 is 0 Å². The van der Waals surface area contributed by atoms with Gasteiger partial charge in [-0.3, -0.25) is 4.21 Å². The van der Waals surface area contributed by atoms with Gasteiger partial charge in [0.05, 0.1) is 0 Å². The fourth-order valence-corrected chi connectivity index (χ4v) is 0.896. The predicted octanol–water partition coefficient (Wildman–Crippen LogP) is -4.12. The molecule has 0 aliphatic heterocycles. The maximum absolute atomic E-state index is 10.3. The molecule has 1 unspecified atom stereocenters. The zero-order valence-electron chi connectivity index (χ0n) is 6.35. The molecule has 1 atom stereocenters. The van der Waals surface area contributed by atoms with E-state index in [-0.39, 0.29) is 68.2 Å². The van der Waals surface area contributed by atoms with Crippen LogP contribution in [0, 0.1) is 0 Å². The largest absolute Gasteiger partial charge is 1.00 e. The van der Waals surface area contributed by atoms with Gasteiger partial charge in [-0.05, 0) is 0 Å². The van der Waals surface area contributed by atoms with Crippen LogP contribution in [-0.2, 0) is 11.1 Å². The van der Waals surface area contributed by atoms with Crippen molar-refractivity contribution in [1.29, 1.82) is 0 Å². The van der Waals surface area contributed by atoms with Crippen molar-refractivity contribution in [3.05, 3.63) is 6.07 Å². The summed E-state index contributed by atoms with van der Waals surface area (Å²) in [5.41, 5.74) is 10.4. The summed E-state index contributed by atoms with van der Waals surface area (Å²) in [6, 6.07) is 1.27. The molecule has 6 nitrogen and oxygen atoms in total. The van der Waals surface area contributed by atoms with E-state index in [0.29, 0.717) is 0 Å². The van der Waals surface area contributed by atoms with Gasteiger partial charge in [-0.1, -0.05) is 0 Å². The number of anilines is 2. The predicted molar refractivity (Wildman–Crippen MR) is 38.0 cm³/mol. The molecule has 60 valence electrons. The Morgan fingerprint density at radius 3 is 2.08 bits per heavy atom. The van der Waals surface area contributed by atoms with E-state index in [2.05, 4.69) is 9.97 Å². The fourth-order valence-electron chi connectivity index (χ4n) is 0.536. The number of rotatable bonds is 1. The average molecular weight is 212 g/mol. The molecule has 8 heteroatoms.